The van der Waals surface area contributed by atoms with E-state index in [1.165, 1.54) is 16.3 Å². The average Bonchev–Trinajstić information content (AvgIpc) is 3.58. The third-order valence-electron chi connectivity index (χ3n) is 12.6. The summed E-state index contributed by atoms with van der Waals surface area (Å²) in [6.45, 7) is 0. The van der Waals surface area contributed by atoms with Crippen molar-refractivity contribution in [3.63, 3.8) is 0 Å². The van der Waals surface area contributed by atoms with Crippen molar-refractivity contribution < 1.29 is 4.79 Å². The lowest BCUT2D eigenvalue weighted by molar-refractivity contribution is 0.0960. The fraction of sp³-hybridized carbons (Fsp3) is 0.0714. The Morgan fingerprint density at radius 3 is 1.81 bits per heavy atom. The molecule has 0 aliphatic heterocycles. The highest BCUT2D eigenvalue weighted by Crippen LogP contribution is 2.50. The molecule has 0 N–H and O–H groups in total. The first-order valence-corrected chi connectivity index (χ1v) is 20.4. The van der Waals surface area contributed by atoms with Crippen LogP contribution in [-0.2, 0) is 6.42 Å². The number of fused-ring (bicyclic) bond motifs is 7. The molecule has 0 radical (unpaired) electrons. The molecule has 1 heterocycles. The van der Waals surface area contributed by atoms with Gasteiger partial charge in [0.2, 0.25) is 0 Å². The highest BCUT2D eigenvalue weighted by molar-refractivity contribution is 6.10. The van der Waals surface area contributed by atoms with Crippen LogP contribution >= 0.6 is 0 Å². The molecule has 0 spiro atoms. The number of hydrogen-bond acceptors (Lipinski definition) is 2. The number of benzene rings is 8. The minimum Gasteiger partial charge on any atom is -0.309 e. The third-order valence-corrected chi connectivity index (χ3v) is 12.6. The second-order valence-electron chi connectivity index (χ2n) is 15.8. The van der Waals surface area contributed by atoms with Gasteiger partial charge < -0.3 is 4.57 Å². The first kappa shape index (κ1) is 34.7. The summed E-state index contributed by atoms with van der Waals surface area (Å²) < 4.78 is 2.34. The zero-order valence-corrected chi connectivity index (χ0v) is 32.3. The molecule has 278 valence electrons. The Morgan fingerprint density at radius 1 is 0.475 bits per heavy atom. The summed E-state index contributed by atoms with van der Waals surface area (Å²) in [4.78, 5) is 15.0. The van der Waals surface area contributed by atoms with Crippen molar-refractivity contribution in [2.24, 2.45) is 0 Å². The highest BCUT2D eigenvalue weighted by Gasteiger charge is 2.38. The molecule has 59 heavy (non-hydrogen) atoms. The maximum absolute atomic E-state index is 15.0. The van der Waals surface area contributed by atoms with Crippen LogP contribution in [0.1, 0.15) is 50.9 Å². The lowest BCUT2D eigenvalue weighted by Gasteiger charge is -2.29. The van der Waals surface area contributed by atoms with Crippen LogP contribution in [-0.4, -0.2) is 10.4 Å². The van der Waals surface area contributed by atoms with Crippen molar-refractivity contribution in [3.8, 4) is 45.1 Å². The Morgan fingerprint density at radius 2 is 1.08 bits per heavy atom. The SMILES string of the molecule is N#CC1=C2CC(c3cc(-c4ccccc4)cc(-c4ccccc4)c3)C(=O)c3ccccc3C2Cc2cc(-c3ccc4c(c3)c3ccccc3n4-c3ccccc3)ccc21. The first-order valence-electron chi connectivity index (χ1n) is 20.4. The smallest absolute Gasteiger partial charge is 0.170 e. The van der Waals surface area contributed by atoms with Crippen molar-refractivity contribution in [1.29, 1.82) is 5.26 Å². The predicted octanol–water partition coefficient (Wildman–Crippen LogP) is 13.8. The fourth-order valence-electron chi connectivity index (χ4n) is 9.80. The number of nitriles is 1. The minimum absolute atomic E-state index is 0.0882. The zero-order chi connectivity index (χ0) is 39.5. The van der Waals surface area contributed by atoms with Crippen LogP contribution in [0.15, 0.2) is 200 Å². The van der Waals surface area contributed by atoms with Gasteiger partial charge in [-0.05, 0) is 110 Å². The number of carbonyl (C=O) groups is 1. The topological polar surface area (TPSA) is 45.8 Å². The van der Waals surface area contributed by atoms with Gasteiger partial charge in [-0.15, -0.1) is 0 Å². The summed E-state index contributed by atoms with van der Waals surface area (Å²) in [5.41, 5.74) is 16.7. The number of ketones is 1. The molecule has 3 heteroatoms. The number of carbonyl (C=O) groups excluding carboxylic acids is 1. The summed E-state index contributed by atoms with van der Waals surface area (Å²) in [6.07, 6.45) is 1.20. The van der Waals surface area contributed by atoms with Crippen molar-refractivity contribution in [2.45, 2.75) is 24.7 Å². The molecule has 2 aliphatic rings. The molecule has 2 aliphatic carbocycles. The molecule has 1 aromatic heterocycles. The van der Waals surface area contributed by atoms with Gasteiger partial charge in [-0.25, -0.2) is 0 Å². The molecule has 0 fully saturated rings. The van der Waals surface area contributed by atoms with Gasteiger partial charge in [0.15, 0.2) is 5.78 Å². The summed E-state index contributed by atoms with van der Waals surface area (Å²) in [5, 5.41) is 13.4. The largest absolute Gasteiger partial charge is 0.309 e. The lowest BCUT2D eigenvalue weighted by atomic mass is 9.73. The molecule has 11 rings (SSSR count). The van der Waals surface area contributed by atoms with E-state index >= 15 is 0 Å². The number of nitrogens with zero attached hydrogens (tertiary/aromatic N) is 2. The van der Waals surface area contributed by atoms with Gasteiger partial charge in [-0.2, -0.15) is 5.26 Å². The van der Waals surface area contributed by atoms with E-state index in [0.717, 1.165) is 84.4 Å². The number of aromatic nitrogens is 1. The van der Waals surface area contributed by atoms with Gasteiger partial charge in [0.05, 0.1) is 28.6 Å². The molecular weight excluding hydrogens is 717 g/mol. The number of Topliss-reactive ketones (excluding diaryl/α,β-unsaturated/α-hetero) is 1. The summed E-state index contributed by atoms with van der Waals surface area (Å²) >= 11 is 0. The Kier molecular flexibility index (Phi) is 8.31. The Labute approximate surface area is 343 Å². The highest BCUT2D eigenvalue weighted by atomic mass is 16.1. The number of rotatable bonds is 5. The Balaban J connectivity index is 1.04. The molecule has 9 aromatic rings. The van der Waals surface area contributed by atoms with E-state index in [1.807, 2.05) is 30.3 Å². The van der Waals surface area contributed by atoms with Crippen molar-refractivity contribution in [1.82, 2.24) is 4.57 Å². The van der Waals surface area contributed by atoms with E-state index in [1.54, 1.807) is 0 Å². The molecule has 8 aromatic carbocycles. The molecule has 2 unspecified atom stereocenters. The van der Waals surface area contributed by atoms with Crippen molar-refractivity contribution >= 4 is 33.2 Å². The van der Waals surface area contributed by atoms with Crippen LogP contribution in [0.3, 0.4) is 0 Å². The maximum atomic E-state index is 15.0. The molecular formula is C56H38N2O. The van der Waals surface area contributed by atoms with Gasteiger partial charge in [-0.3, -0.25) is 4.79 Å². The van der Waals surface area contributed by atoms with Gasteiger partial charge in [0.1, 0.15) is 0 Å². The van der Waals surface area contributed by atoms with E-state index < -0.39 is 5.92 Å². The van der Waals surface area contributed by atoms with Gasteiger partial charge in [0, 0.05) is 27.9 Å². The van der Waals surface area contributed by atoms with E-state index in [2.05, 4.69) is 174 Å². The average molecular weight is 755 g/mol. The quantitative estimate of drug-likeness (QED) is 0.176. The summed E-state index contributed by atoms with van der Waals surface area (Å²) in [5.74, 6) is -0.428. The molecule has 2 atom stereocenters. The first-order chi connectivity index (χ1) is 29.1. The predicted molar refractivity (Wildman–Crippen MR) is 241 cm³/mol. The Bertz CT molecular complexity index is 3130. The summed E-state index contributed by atoms with van der Waals surface area (Å²) in [6, 6.07) is 70.6. The van der Waals surface area contributed by atoms with Crippen LogP contribution in [0.25, 0.3) is 66.4 Å². The summed E-state index contributed by atoms with van der Waals surface area (Å²) in [7, 11) is 0. The van der Waals surface area contributed by atoms with Crippen LogP contribution in [0.4, 0.5) is 0 Å². The maximum Gasteiger partial charge on any atom is 0.170 e. The van der Waals surface area contributed by atoms with Crippen LogP contribution < -0.4 is 0 Å². The van der Waals surface area contributed by atoms with Crippen LogP contribution in [0, 0.1) is 11.3 Å². The van der Waals surface area contributed by atoms with E-state index in [-0.39, 0.29) is 11.7 Å². The van der Waals surface area contributed by atoms with Gasteiger partial charge >= 0.3 is 0 Å². The van der Waals surface area contributed by atoms with Crippen LogP contribution in [0.5, 0.6) is 0 Å². The fourth-order valence-corrected chi connectivity index (χ4v) is 9.80. The minimum atomic E-state index is -0.448. The molecule has 0 bridgehead atoms. The van der Waals surface area contributed by atoms with Gasteiger partial charge in [-0.1, -0.05) is 158 Å². The third kappa shape index (κ3) is 5.84. The number of para-hydroxylation sites is 2. The normalized spacial score (nSPS) is 15.9. The van der Waals surface area contributed by atoms with Crippen molar-refractivity contribution in [2.75, 3.05) is 0 Å². The van der Waals surface area contributed by atoms with Crippen molar-refractivity contribution in [3.05, 3.63) is 228 Å². The molecule has 0 saturated carbocycles. The van der Waals surface area contributed by atoms with E-state index in [4.69, 9.17) is 0 Å². The monoisotopic (exact) mass is 754 g/mol. The number of allylic oxidation sites excluding steroid dienone is 2. The van der Waals surface area contributed by atoms with Gasteiger partial charge in [0.25, 0.3) is 0 Å². The van der Waals surface area contributed by atoms with E-state index in [9.17, 15) is 10.1 Å². The Hall–Kier alpha value is -7.54. The van der Waals surface area contributed by atoms with Crippen LogP contribution in [0.2, 0.25) is 0 Å². The second-order valence-corrected chi connectivity index (χ2v) is 15.8. The second kappa shape index (κ2) is 14.1. The molecule has 0 saturated heterocycles. The zero-order valence-electron chi connectivity index (χ0n) is 32.3. The molecule has 0 amide bonds. The standard InChI is InChI=1S/C56H38N2O/c57-35-53-45-26-24-38(39-25-27-55-52(32-39)47-21-12-13-23-54(47)58(55)44-18-8-3-9-19-44)28-43(45)33-50-46-20-10-11-22-48(46)56(59)49(34-51(50)53)42-30-40(36-14-4-1-5-15-36)29-41(31-42)37-16-6-2-7-17-37/h1-32,49-50H,33-34H2. The lowest BCUT2D eigenvalue weighted by Crippen LogP contribution is -2.16. The molecule has 3 nitrogen and oxygen atoms in total. The number of hydrogen-bond donors (Lipinski definition) is 0. The van der Waals surface area contributed by atoms with E-state index in [0.29, 0.717) is 12.0 Å².